The van der Waals surface area contributed by atoms with Gasteiger partial charge in [0.25, 0.3) is 5.91 Å². The zero-order valence-corrected chi connectivity index (χ0v) is 9.62. The Hall–Kier alpha value is -1.84. The lowest BCUT2D eigenvalue weighted by Crippen LogP contribution is -2.35. The number of carbonyl (C=O) groups excluding carboxylic acids is 1. The van der Waals surface area contributed by atoms with E-state index < -0.39 is 0 Å². The molecular weight excluding hydrogens is 204 g/mol. The first-order chi connectivity index (χ1) is 7.56. The summed E-state index contributed by atoms with van der Waals surface area (Å²) in [6.45, 7) is 8.52. The summed E-state index contributed by atoms with van der Waals surface area (Å²) >= 11 is 0. The number of amides is 1. The van der Waals surface area contributed by atoms with Crippen molar-refractivity contribution in [1.29, 1.82) is 0 Å². The van der Waals surface area contributed by atoms with E-state index >= 15 is 0 Å². The van der Waals surface area contributed by atoms with E-state index in [0.29, 0.717) is 13.1 Å². The second-order valence-corrected chi connectivity index (χ2v) is 3.70. The average Bonchev–Trinajstić information content (AvgIpc) is 2.25. The van der Waals surface area contributed by atoms with Gasteiger partial charge in [-0.1, -0.05) is 12.2 Å². The van der Waals surface area contributed by atoms with Gasteiger partial charge >= 0.3 is 0 Å². The lowest BCUT2D eigenvalue weighted by molar-refractivity contribution is 0.0776. The molecule has 0 bridgehead atoms. The molecular formula is C12H16N2O2. The number of likely N-dealkylation sites (N-methyl/N-ethyl adjacent to an activating group) is 1. The first kappa shape index (κ1) is 12.2. The quantitative estimate of drug-likeness (QED) is 0.780. The van der Waals surface area contributed by atoms with Crippen molar-refractivity contribution in [3.63, 3.8) is 0 Å². The molecule has 0 saturated carbocycles. The van der Waals surface area contributed by atoms with Crippen LogP contribution in [0.5, 0.6) is 0 Å². The van der Waals surface area contributed by atoms with Crippen LogP contribution in [-0.2, 0) is 0 Å². The van der Waals surface area contributed by atoms with Gasteiger partial charge in [0.15, 0.2) is 5.43 Å². The normalized spacial score (nSPS) is 9.88. The largest absolute Gasteiger partial charge is 0.367 e. The molecule has 0 saturated heterocycles. The van der Waals surface area contributed by atoms with Gasteiger partial charge in [-0.2, -0.15) is 0 Å². The summed E-state index contributed by atoms with van der Waals surface area (Å²) in [4.78, 5) is 27.8. The topological polar surface area (TPSA) is 53.2 Å². The summed E-state index contributed by atoms with van der Waals surface area (Å²) < 4.78 is 0. The standard InChI is InChI=1S/C12H16N2O2/c1-4-14(8-9(2)3)12(16)10-7-13-6-5-11(10)15/h5-7H,2,4,8H2,1,3H3,(H,13,15). The number of aromatic amines is 1. The maximum absolute atomic E-state index is 12.0. The predicted octanol–water partition coefficient (Wildman–Crippen LogP) is 1.41. The highest BCUT2D eigenvalue weighted by Gasteiger charge is 2.16. The smallest absolute Gasteiger partial charge is 0.259 e. The van der Waals surface area contributed by atoms with Crippen LogP contribution in [0.25, 0.3) is 0 Å². The van der Waals surface area contributed by atoms with Crippen molar-refractivity contribution in [2.75, 3.05) is 13.1 Å². The fraction of sp³-hybridized carbons (Fsp3) is 0.333. The van der Waals surface area contributed by atoms with E-state index in [1.54, 1.807) is 4.90 Å². The number of H-pyrrole nitrogens is 1. The fourth-order valence-electron chi connectivity index (χ4n) is 1.41. The van der Waals surface area contributed by atoms with Crippen LogP contribution in [0.2, 0.25) is 0 Å². The first-order valence-electron chi connectivity index (χ1n) is 5.17. The summed E-state index contributed by atoms with van der Waals surface area (Å²) in [7, 11) is 0. The minimum absolute atomic E-state index is 0.172. The number of rotatable bonds is 4. The number of pyridine rings is 1. The van der Waals surface area contributed by atoms with Crippen molar-refractivity contribution < 1.29 is 4.79 Å². The molecule has 1 aromatic heterocycles. The lowest BCUT2D eigenvalue weighted by atomic mass is 10.2. The van der Waals surface area contributed by atoms with Crippen LogP contribution in [0.1, 0.15) is 24.2 Å². The molecule has 1 heterocycles. The maximum Gasteiger partial charge on any atom is 0.259 e. The van der Waals surface area contributed by atoms with Gasteiger partial charge in [-0.05, 0) is 13.8 Å². The Balaban J connectivity index is 2.96. The van der Waals surface area contributed by atoms with Crippen LogP contribution < -0.4 is 5.43 Å². The average molecular weight is 220 g/mol. The van der Waals surface area contributed by atoms with Gasteiger partial charge in [-0.3, -0.25) is 9.59 Å². The highest BCUT2D eigenvalue weighted by atomic mass is 16.2. The van der Waals surface area contributed by atoms with Crippen molar-refractivity contribution in [2.45, 2.75) is 13.8 Å². The molecule has 4 heteroatoms. The minimum atomic E-state index is -0.260. The molecule has 0 unspecified atom stereocenters. The summed E-state index contributed by atoms with van der Waals surface area (Å²) in [5, 5.41) is 0. The van der Waals surface area contributed by atoms with E-state index in [4.69, 9.17) is 0 Å². The predicted molar refractivity (Wildman–Crippen MR) is 63.5 cm³/mol. The molecule has 0 aliphatic carbocycles. The zero-order valence-electron chi connectivity index (χ0n) is 9.62. The third kappa shape index (κ3) is 2.82. The van der Waals surface area contributed by atoms with Gasteiger partial charge < -0.3 is 9.88 Å². The number of nitrogens with zero attached hydrogens (tertiary/aromatic N) is 1. The van der Waals surface area contributed by atoms with Gasteiger partial charge in [0.2, 0.25) is 0 Å². The summed E-state index contributed by atoms with van der Waals surface area (Å²) in [6.07, 6.45) is 2.94. The molecule has 1 aromatic rings. The molecule has 0 fully saturated rings. The van der Waals surface area contributed by atoms with E-state index in [-0.39, 0.29) is 16.9 Å². The monoisotopic (exact) mass is 220 g/mol. The number of carbonyl (C=O) groups is 1. The van der Waals surface area contributed by atoms with Crippen LogP contribution in [0.15, 0.2) is 35.4 Å². The van der Waals surface area contributed by atoms with Crippen LogP contribution >= 0.6 is 0 Å². The number of nitrogens with one attached hydrogen (secondary N) is 1. The van der Waals surface area contributed by atoms with Gasteiger partial charge in [0.05, 0.1) is 0 Å². The Bertz CT molecular complexity index is 448. The van der Waals surface area contributed by atoms with E-state index in [9.17, 15) is 9.59 Å². The minimum Gasteiger partial charge on any atom is -0.367 e. The first-order valence-corrected chi connectivity index (χ1v) is 5.17. The van der Waals surface area contributed by atoms with Crippen LogP contribution in [-0.4, -0.2) is 28.9 Å². The second-order valence-electron chi connectivity index (χ2n) is 3.70. The van der Waals surface area contributed by atoms with E-state index in [0.717, 1.165) is 5.57 Å². The molecule has 0 aliphatic heterocycles. The molecule has 1 rings (SSSR count). The van der Waals surface area contributed by atoms with E-state index in [1.165, 1.54) is 18.5 Å². The molecule has 4 nitrogen and oxygen atoms in total. The third-order valence-electron chi connectivity index (χ3n) is 2.18. The highest BCUT2D eigenvalue weighted by Crippen LogP contribution is 2.01. The Labute approximate surface area is 94.6 Å². The van der Waals surface area contributed by atoms with Gasteiger partial charge in [0.1, 0.15) is 5.56 Å². The molecule has 0 radical (unpaired) electrons. The number of aromatic nitrogens is 1. The molecule has 0 aliphatic rings. The maximum atomic E-state index is 12.0. The number of hydrogen-bond donors (Lipinski definition) is 1. The molecule has 1 N–H and O–H groups in total. The van der Waals surface area contributed by atoms with Gasteiger partial charge in [0, 0.05) is 31.5 Å². The van der Waals surface area contributed by atoms with E-state index in [2.05, 4.69) is 11.6 Å². The molecule has 1 amide bonds. The SMILES string of the molecule is C=C(C)CN(CC)C(=O)c1c[nH]ccc1=O. The summed E-state index contributed by atoms with van der Waals surface area (Å²) in [5.41, 5.74) is 0.803. The second kappa shape index (κ2) is 5.30. The molecule has 0 aromatic carbocycles. The van der Waals surface area contributed by atoms with Crippen molar-refractivity contribution in [3.05, 3.63) is 46.4 Å². The Morgan fingerprint density at radius 1 is 1.56 bits per heavy atom. The fourth-order valence-corrected chi connectivity index (χ4v) is 1.41. The van der Waals surface area contributed by atoms with Crippen LogP contribution in [0.3, 0.4) is 0 Å². The van der Waals surface area contributed by atoms with Crippen molar-refractivity contribution in [2.24, 2.45) is 0 Å². The van der Waals surface area contributed by atoms with Gasteiger partial charge in [-0.15, -0.1) is 0 Å². The van der Waals surface area contributed by atoms with Crippen molar-refractivity contribution in [1.82, 2.24) is 9.88 Å². The van der Waals surface area contributed by atoms with Crippen LogP contribution in [0.4, 0.5) is 0 Å². The van der Waals surface area contributed by atoms with E-state index in [1.807, 2.05) is 13.8 Å². The molecule has 16 heavy (non-hydrogen) atoms. The Morgan fingerprint density at radius 2 is 2.25 bits per heavy atom. The van der Waals surface area contributed by atoms with Crippen molar-refractivity contribution in [3.8, 4) is 0 Å². The molecule has 0 atom stereocenters. The Kier molecular flexibility index (Phi) is 4.05. The van der Waals surface area contributed by atoms with Gasteiger partial charge in [-0.25, -0.2) is 0 Å². The van der Waals surface area contributed by atoms with Crippen molar-refractivity contribution >= 4 is 5.91 Å². The number of hydrogen-bond acceptors (Lipinski definition) is 2. The molecule has 86 valence electrons. The Morgan fingerprint density at radius 3 is 2.75 bits per heavy atom. The summed E-state index contributed by atoms with van der Waals surface area (Å²) in [5.74, 6) is -0.257. The zero-order chi connectivity index (χ0) is 12.1. The highest BCUT2D eigenvalue weighted by molar-refractivity contribution is 5.93. The summed E-state index contributed by atoms with van der Waals surface area (Å²) in [6, 6.07) is 1.35. The van der Waals surface area contributed by atoms with Crippen LogP contribution in [0, 0.1) is 0 Å². The third-order valence-corrected chi connectivity index (χ3v) is 2.18. The molecule has 0 spiro atoms. The lowest BCUT2D eigenvalue weighted by Gasteiger charge is -2.20.